The van der Waals surface area contributed by atoms with E-state index in [1.165, 1.54) is 11.3 Å². The van der Waals surface area contributed by atoms with Crippen molar-refractivity contribution in [3.63, 3.8) is 0 Å². The monoisotopic (exact) mass is 337 g/mol. The molecule has 0 saturated carbocycles. The molecule has 1 aromatic rings. The Hall–Kier alpha value is 0.390. The molecule has 0 aromatic carbocycles. The van der Waals surface area contributed by atoms with E-state index in [0.717, 1.165) is 34.9 Å². The molecule has 1 aromatic heterocycles. The number of thiophene rings is 1. The second-order valence-electron chi connectivity index (χ2n) is 4.27. The molecule has 2 atom stereocenters. The largest absolute Gasteiger partial charge is 0.372 e. The van der Waals surface area contributed by atoms with Crippen LogP contribution in [0.15, 0.2) is 10.5 Å². The summed E-state index contributed by atoms with van der Waals surface area (Å²) in [6.45, 7) is 5.03. The minimum absolute atomic E-state index is 0.205. The Bertz CT molecular complexity index is 352. The zero-order valence-corrected chi connectivity index (χ0v) is 13.0. The van der Waals surface area contributed by atoms with Crippen LogP contribution in [0.1, 0.15) is 30.7 Å². The molecule has 0 spiro atoms. The number of hydrogen-bond acceptors (Lipinski definition) is 3. The third kappa shape index (κ3) is 3.44. The van der Waals surface area contributed by atoms with Gasteiger partial charge in [0.2, 0.25) is 0 Å². The highest BCUT2D eigenvalue weighted by molar-refractivity contribution is 9.10. The minimum atomic E-state index is 0.205. The fourth-order valence-electron chi connectivity index (χ4n) is 2.20. The van der Waals surface area contributed by atoms with Gasteiger partial charge in [-0.3, -0.25) is 0 Å². The quantitative estimate of drug-likeness (QED) is 0.886. The molecule has 2 nitrogen and oxygen atoms in total. The Labute approximate surface area is 120 Å². The van der Waals surface area contributed by atoms with E-state index in [4.69, 9.17) is 16.3 Å². The molecular formula is C12H17BrClNOS. The summed E-state index contributed by atoms with van der Waals surface area (Å²) in [6, 6.07) is 2.10. The molecule has 0 aliphatic carbocycles. The molecule has 2 heterocycles. The van der Waals surface area contributed by atoms with E-state index in [0.29, 0.717) is 5.92 Å². The first-order valence-corrected chi connectivity index (χ1v) is 7.98. The second kappa shape index (κ2) is 6.53. The summed E-state index contributed by atoms with van der Waals surface area (Å²) >= 11 is 11.2. The van der Waals surface area contributed by atoms with Crippen LogP contribution in [-0.2, 0) is 4.74 Å². The number of halogens is 2. The van der Waals surface area contributed by atoms with E-state index >= 15 is 0 Å². The molecule has 1 saturated heterocycles. The first-order chi connectivity index (χ1) is 8.22. The van der Waals surface area contributed by atoms with Crippen molar-refractivity contribution in [2.45, 2.75) is 25.9 Å². The molecule has 2 rings (SSSR count). The van der Waals surface area contributed by atoms with Crippen LogP contribution in [0.3, 0.4) is 0 Å². The summed E-state index contributed by atoms with van der Waals surface area (Å²) in [6.07, 6.45) is 2.59. The van der Waals surface area contributed by atoms with Gasteiger partial charge in [0.05, 0.1) is 6.10 Å². The van der Waals surface area contributed by atoms with Crippen LogP contribution in [0.4, 0.5) is 0 Å². The first kappa shape index (κ1) is 13.8. The first-order valence-electron chi connectivity index (χ1n) is 5.99. The Morgan fingerprint density at radius 2 is 2.47 bits per heavy atom. The Morgan fingerprint density at radius 3 is 3.12 bits per heavy atom. The van der Waals surface area contributed by atoms with Crippen LogP contribution < -0.4 is 5.32 Å². The second-order valence-corrected chi connectivity index (χ2v) is 6.81. The summed E-state index contributed by atoms with van der Waals surface area (Å²) in [7, 11) is 0. The lowest BCUT2D eigenvalue weighted by atomic mass is 9.93. The molecule has 17 heavy (non-hydrogen) atoms. The number of ether oxygens (including phenoxy) is 1. The van der Waals surface area contributed by atoms with Gasteiger partial charge in [-0.2, -0.15) is 0 Å². The van der Waals surface area contributed by atoms with Crippen LogP contribution in [-0.4, -0.2) is 19.7 Å². The lowest BCUT2D eigenvalue weighted by Gasteiger charge is -2.31. The maximum Gasteiger partial charge on any atom is 0.107 e. The third-order valence-corrected chi connectivity index (χ3v) is 5.58. The summed E-state index contributed by atoms with van der Waals surface area (Å²) in [4.78, 5) is 1.24. The molecule has 5 heteroatoms. The van der Waals surface area contributed by atoms with Crippen LogP contribution >= 0.6 is 38.9 Å². The molecule has 2 unspecified atom stereocenters. The Kier molecular flexibility index (Phi) is 5.30. The number of hydrogen-bond donors (Lipinski definition) is 1. The highest BCUT2D eigenvalue weighted by Crippen LogP contribution is 2.41. The fourth-order valence-corrected chi connectivity index (χ4v) is 4.08. The van der Waals surface area contributed by atoms with Gasteiger partial charge in [-0.1, -0.05) is 18.5 Å². The van der Waals surface area contributed by atoms with Crippen molar-refractivity contribution >= 4 is 38.9 Å². The van der Waals surface area contributed by atoms with E-state index in [-0.39, 0.29) is 6.10 Å². The van der Waals surface area contributed by atoms with Crippen LogP contribution in [0.5, 0.6) is 0 Å². The standard InChI is InChI=1S/C12H17BrClNOS/c1-2-15-7-8-4-3-5-16-11(8)10-6-9(13)12(14)17-10/h6,8,11,15H,2-5,7H2,1H3. The van der Waals surface area contributed by atoms with Crippen molar-refractivity contribution in [1.29, 1.82) is 0 Å². The molecule has 96 valence electrons. The molecule has 0 radical (unpaired) electrons. The van der Waals surface area contributed by atoms with Crippen LogP contribution in [0, 0.1) is 5.92 Å². The van der Waals surface area contributed by atoms with E-state index in [2.05, 4.69) is 34.2 Å². The van der Waals surface area contributed by atoms with Gasteiger partial charge < -0.3 is 10.1 Å². The molecular weight excluding hydrogens is 322 g/mol. The average Bonchev–Trinajstić information content (AvgIpc) is 2.67. The predicted molar refractivity (Wildman–Crippen MR) is 77.0 cm³/mol. The van der Waals surface area contributed by atoms with Crippen LogP contribution in [0.25, 0.3) is 0 Å². The van der Waals surface area contributed by atoms with Gasteiger partial charge in [0.25, 0.3) is 0 Å². The molecule has 0 bridgehead atoms. The highest BCUT2D eigenvalue weighted by Gasteiger charge is 2.28. The van der Waals surface area contributed by atoms with Crippen molar-refractivity contribution in [1.82, 2.24) is 5.32 Å². The number of rotatable bonds is 4. The molecule has 1 fully saturated rings. The zero-order valence-electron chi connectivity index (χ0n) is 9.84. The zero-order chi connectivity index (χ0) is 12.3. The third-order valence-electron chi connectivity index (χ3n) is 3.05. The van der Waals surface area contributed by atoms with Crippen molar-refractivity contribution in [2.24, 2.45) is 5.92 Å². The highest BCUT2D eigenvalue weighted by atomic mass is 79.9. The SMILES string of the molecule is CCNCC1CCCOC1c1cc(Br)c(Cl)s1. The van der Waals surface area contributed by atoms with E-state index < -0.39 is 0 Å². The summed E-state index contributed by atoms with van der Waals surface area (Å²) < 4.78 is 7.73. The van der Waals surface area contributed by atoms with Crippen molar-refractivity contribution in [3.05, 3.63) is 19.8 Å². The Morgan fingerprint density at radius 1 is 1.65 bits per heavy atom. The number of nitrogens with one attached hydrogen (secondary N) is 1. The fraction of sp³-hybridized carbons (Fsp3) is 0.667. The Balaban J connectivity index is 2.09. The summed E-state index contributed by atoms with van der Waals surface area (Å²) in [5.41, 5.74) is 0. The predicted octanol–water partition coefficient (Wildman–Crippen LogP) is 4.24. The average molecular weight is 339 g/mol. The minimum Gasteiger partial charge on any atom is -0.372 e. The lowest BCUT2D eigenvalue weighted by molar-refractivity contribution is -0.0254. The smallest absolute Gasteiger partial charge is 0.107 e. The van der Waals surface area contributed by atoms with Crippen molar-refractivity contribution < 1.29 is 4.74 Å². The van der Waals surface area contributed by atoms with Gasteiger partial charge in [-0.25, -0.2) is 0 Å². The maximum atomic E-state index is 6.10. The van der Waals surface area contributed by atoms with Gasteiger partial charge in [0, 0.05) is 28.4 Å². The van der Waals surface area contributed by atoms with Gasteiger partial charge in [-0.05, 0) is 41.4 Å². The topological polar surface area (TPSA) is 21.3 Å². The van der Waals surface area contributed by atoms with E-state index in [1.807, 2.05) is 0 Å². The molecule has 1 aliphatic rings. The summed E-state index contributed by atoms with van der Waals surface area (Å²) in [5, 5.41) is 3.42. The lowest BCUT2D eigenvalue weighted by Crippen LogP contribution is -2.31. The maximum absolute atomic E-state index is 6.10. The molecule has 0 amide bonds. The van der Waals surface area contributed by atoms with Crippen LogP contribution in [0.2, 0.25) is 4.34 Å². The van der Waals surface area contributed by atoms with E-state index in [9.17, 15) is 0 Å². The summed E-state index contributed by atoms with van der Waals surface area (Å²) in [5.74, 6) is 0.560. The molecule has 1 aliphatic heterocycles. The van der Waals surface area contributed by atoms with Gasteiger partial charge in [-0.15, -0.1) is 11.3 Å². The van der Waals surface area contributed by atoms with E-state index in [1.54, 1.807) is 11.3 Å². The van der Waals surface area contributed by atoms with Crippen molar-refractivity contribution in [3.8, 4) is 0 Å². The van der Waals surface area contributed by atoms with Crippen molar-refractivity contribution in [2.75, 3.05) is 19.7 Å². The van der Waals surface area contributed by atoms with Gasteiger partial charge in [0.15, 0.2) is 0 Å². The van der Waals surface area contributed by atoms with Gasteiger partial charge >= 0.3 is 0 Å². The molecule has 1 N–H and O–H groups in total. The normalized spacial score (nSPS) is 25.1. The van der Waals surface area contributed by atoms with Gasteiger partial charge in [0.1, 0.15) is 4.34 Å².